The molecule has 3 amide bonds. The molecule has 1 fully saturated rings. The van der Waals surface area contributed by atoms with Crippen LogP contribution < -0.4 is 9.91 Å². The van der Waals surface area contributed by atoms with E-state index in [9.17, 15) is 19.5 Å². The van der Waals surface area contributed by atoms with Gasteiger partial charge in [0.1, 0.15) is 0 Å². The monoisotopic (exact) mass is 668 g/mol. The molecule has 0 unspecified atom stereocenters. The summed E-state index contributed by atoms with van der Waals surface area (Å²) in [5.41, 5.74) is 3.28. The van der Waals surface area contributed by atoms with Crippen LogP contribution in [0.4, 0.5) is 15.5 Å². The normalized spacial score (nSPS) is 27.0. The van der Waals surface area contributed by atoms with Crippen molar-refractivity contribution in [2.45, 2.75) is 75.5 Å². The topological polar surface area (TPSA) is 103 Å². The first-order valence-corrected chi connectivity index (χ1v) is 19.6. The van der Waals surface area contributed by atoms with Crippen molar-refractivity contribution in [3.05, 3.63) is 95.1 Å². The van der Waals surface area contributed by atoms with Crippen LogP contribution in [0.25, 0.3) is 0 Å². The van der Waals surface area contributed by atoms with E-state index in [0.717, 1.165) is 22.4 Å². The number of anilines is 2. The minimum Gasteiger partial charge on any atom is -0.394 e. The maximum Gasteiger partial charge on any atom is 0.264 e. The fourth-order valence-corrected chi connectivity index (χ4v) is 10.9. The molecule has 250 valence electrons. The van der Waals surface area contributed by atoms with E-state index in [4.69, 9.17) is 9.84 Å². The van der Waals surface area contributed by atoms with Gasteiger partial charge in [-0.2, -0.15) is 5.10 Å². The number of carbonyl (C=O) groups is 3. The van der Waals surface area contributed by atoms with E-state index in [-0.39, 0.29) is 37.2 Å². The summed E-state index contributed by atoms with van der Waals surface area (Å²) in [7, 11) is -1.85. The number of ether oxygens (including phenoxy) is 1. The number of aliphatic hydroxyl groups is 1. The Kier molecular flexibility index (Phi) is 8.12. The Balaban J connectivity index is 1.24. The van der Waals surface area contributed by atoms with Gasteiger partial charge in [-0.3, -0.25) is 14.4 Å². The van der Waals surface area contributed by atoms with E-state index in [1.165, 1.54) is 9.91 Å². The van der Waals surface area contributed by atoms with Gasteiger partial charge >= 0.3 is 0 Å². The number of nitrogens with zero attached hydrogens (tertiary/aromatic N) is 4. The largest absolute Gasteiger partial charge is 0.394 e. The number of rotatable bonds is 6. The van der Waals surface area contributed by atoms with Crippen molar-refractivity contribution in [3.8, 4) is 0 Å². The Bertz CT molecular complexity index is 1810. The minimum atomic E-state index is -3.52. The van der Waals surface area contributed by atoms with E-state index in [1.54, 1.807) is 43.2 Å². The lowest BCUT2D eigenvalue weighted by atomic mass is 9.82. The smallest absolute Gasteiger partial charge is 0.264 e. The summed E-state index contributed by atoms with van der Waals surface area (Å²) >= 11 is 0. The first-order valence-electron chi connectivity index (χ1n) is 16.7. The van der Waals surface area contributed by atoms with Gasteiger partial charge < -0.3 is 23.8 Å². The van der Waals surface area contributed by atoms with Gasteiger partial charge in [-0.25, -0.2) is 5.01 Å². The van der Waals surface area contributed by atoms with Crippen LogP contribution >= 0.6 is 0 Å². The van der Waals surface area contributed by atoms with E-state index in [0.29, 0.717) is 36.3 Å². The fourth-order valence-electron chi connectivity index (χ4n) is 8.40. The molecule has 1 saturated heterocycles. The van der Waals surface area contributed by atoms with Crippen molar-refractivity contribution < 1.29 is 28.3 Å². The molecule has 4 heterocycles. The van der Waals surface area contributed by atoms with Crippen LogP contribution in [-0.4, -0.2) is 67.6 Å². The van der Waals surface area contributed by atoms with Gasteiger partial charge in [0.15, 0.2) is 5.60 Å². The van der Waals surface area contributed by atoms with Crippen LogP contribution in [0, 0.1) is 5.92 Å². The van der Waals surface area contributed by atoms with Crippen LogP contribution in [0.1, 0.15) is 48.4 Å². The van der Waals surface area contributed by atoms with E-state index >= 15 is 4.11 Å². The SMILES string of the molecule is C[C@@H]1[C@@H]([Si](C)(C)F)[C@H](CC(=O)N2Cc3ccccc3C[C@H]2CO)O[C@@]12C(=O)N(C)c1ccc(N3N=C(c4ccccc4)CCC3=O)cc12. The third-order valence-corrected chi connectivity index (χ3v) is 13.2. The Morgan fingerprint density at radius 3 is 2.46 bits per heavy atom. The molecular formula is C37H41FN4O5Si. The van der Waals surface area contributed by atoms with E-state index in [2.05, 4.69) is 0 Å². The zero-order valence-corrected chi connectivity index (χ0v) is 28.7. The Morgan fingerprint density at radius 1 is 1.04 bits per heavy atom. The summed E-state index contributed by atoms with van der Waals surface area (Å²) in [6, 6.07) is 22.5. The highest BCUT2D eigenvalue weighted by Crippen LogP contribution is 2.60. The van der Waals surface area contributed by atoms with Crippen LogP contribution in [-0.2, 0) is 37.7 Å². The second-order valence-corrected chi connectivity index (χ2v) is 17.8. The molecule has 7 rings (SSSR count). The lowest BCUT2D eigenvalue weighted by Gasteiger charge is -2.37. The average Bonchev–Trinajstić information content (AvgIpc) is 3.49. The van der Waals surface area contributed by atoms with Gasteiger partial charge in [0.2, 0.25) is 20.2 Å². The van der Waals surface area contributed by atoms with E-state index < -0.39 is 37.6 Å². The summed E-state index contributed by atoms with van der Waals surface area (Å²) in [4.78, 5) is 44.7. The highest BCUT2D eigenvalue weighted by Gasteiger charge is 2.66. The molecule has 0 bridgehead atoms. The van der Waals surface area contributed by atoms with Gasteiger partial charge in [0, 0.05) is 43.5 Å². The molecule has 1 N–H and O–H groups in total. The Morgan fingerprint density at radius 2 is 1.75 bits per heavy atom. The van der Waals surface area contributed by atoms with E-state index in [1.807, 2.05) is 61.5 Å². The van der Waals surface area contributed by atoms with Crippen molar-refractivity contribution in [2.24, 2.45) is 11.0 Å². The van der Waals surface area contributed by atoms with Crippen molar-refractivity contribution in [1.82, 2.24) is 4.90 Å². The standard InChI is InChI=1S/C37H41FN4O5Si/c1-23-35(48(3,4)38)32(20-34(45)41-21-26-13-9-8-12-25(26)18-28(41)22-43)47-37(23)29-19-27(14-16-31(29)40(2)36(37)46)42-33(44)17-15-30(39-42)24-10-6-5-7-11-24/h5-14,16,19,23,28,32,35,43H,15,17-18,20-22H2,1-4H3/t23-,28+,32+,35-,37+/m1/s1. The summed E-state index contributed by atoms with van der Waals surface area (Å²) in [6.07, 6.45) is 0.355. The van der Waals surface area contributed by atoms with Gasteiger partial charge in [0.25, 0.3) is 5.91 Å². The average molecular weight is 669 g/mol. The number of likely N-dealkylation sites (N-methyl/N-ethyl adjacent to an activating group) is 1. The zero-order chi connectivity index (χ0) is 34.0. The quantitative estimate of drug-likeness (QED) is 0.284. The van der Waals surface area contributed by atoms with Crippen molar-refractivity contribution in [3.63, 3.8) is 0 Å². The molecule has 48 heavy (non-hydrogen) atoms. The minimum absolute atomic E-state index is 0.114. The van der Waals surface area contributed by atoms with Crippen molar-refractivity contribution in [1.29, 1.82) is 0 Å². The lowest BCUT2D eigenvalue weighted by molar-refractivity contribution is -0.150. The number of halogens is 1. The second-order valence-electron chi connectivity index (χ2n) is 14.0. The molecule has 9 nitrogen and oxygen atoms in total. The predicted octanol–water partition coefficient (Wildman–Crippen LogP) is 5.31. The number of carbonyl (C=O) groups excluding carboxylic acids is 3. The van der Waals surface area contributed by atoms with Gasteiger partial charge in [0.05, 0.1) is 42.3 Å². The molecule has 0 saturated carbocycles. The molecular weight excluding hydrogens is 628 g/mol. The number of hydrazone groups is 1. The van der Waals surface area contributed by atoms with Crippen LogP contribution in [0.5, 0.6) is 0 Å². The first kappa shape index (κ1) is 32.4. The summed E-state index contributed by atoms with van der Waals surface area (Å²) in [6.45, 7) is 5.21. The third kappa shape index (κ3) is 5.19. The highest BCUT2D eigenvalue weighted by molar-refractivity contribution is 6.72. The maximum absolute atomic E-state index is 16.4. The number of amides is 3. The molecule has 11 heteroatoms. The van der Waals surface area contributed by atoms with Crippen molar-refractivity contribution >= 4 is 43.2 Å². The number of hydrogen-bond acceptors (Lipinski definition) is 6. The van der Waals surface area contributed by atoms with Crippen LogP contribution in [0.15, 0.2) is 77.9 Å². The highest BCUT2D eigenvalue weighted by atomic mass is 28.4. The molecule has 0 radical (unpaired) electrons. The first-order chi connectivity index (χ1) is 22.9. The second kappa shape index (κ2) is 12.0. The molecule has 0 aromatic heterocycles. The Labute approximate surface area is 281 Å². The van der Waals surface area contributed by atoms with Crippen molar-refractivity contribution in [2.75, 3.05) is 23.6 Å². The predicted molar refractivity (Wildman–Crippen MR) is 184 cm³/mol. The molecule has 4 aliphatic heterocycles. The van der Waals surface area contributed by atoms with Gasteiger partial charge in [-0.05, 0) is 54.4 Å². The molecule has 3 aromatic carbocycles. The van der Waals surface area contributed by atoms with Crippen LogP contribution in [0.3, 0.4) is 0 Å². The third-order valence-electron chi connectivity index (χ3n) is 10.7. The molecule has 4 aliphatic rings. The molecule has 3 aromatic rings. The summed E-state index contributed by atoms with van der Waals surface area (Å²) in [5.74, 6) is -1.32. The van der Waals surface area contributed by atoms with Gasteiger partial charge in [-0.15, -0.1) is 0 Å². The van der Waals surface area contributed by atoms with Crippen LogP contribution in [0.2, 0.25) is 18.6 Å². The zero-order valence-electron chi connectivity index (χ0n) is 27.7. The summed E-state index contributed by atoms with van der Waals surface area (Å²) in [5, 5.41) is 16.3. The number of fused-ring (bicyclic) bond motifs is 3. The summed E-state index contributed by atoms with van der Waals surface area (Å²) < 4.78 is 23.2. The number of hydrogen-bond donors (Lipinski definition) is 1. The molecule has 5 atom stereocenters. The number of aliphatic hydroxyl groups excluding tert-OH is 1. The molecule has 1 spiro atoms. The number of benzene rings is 3. The van der Waals surface area contributed by atoms with Gasteiger partial charge in [-0.1, -0.05) is 61.5 Å². The maximum atomic E-state index is 16.4. The Hall–Kier alpha value is -4.19. The molecule has 0 aliphatic carbocycles. The fraction of sp³-hybridized carbons (Fsp3) is 0.405. The lowest BCUT2D eigenvalue weighted by Crippen LogP contribution is -2.48.